The number of carbonyl (C=O) groups is 1. The second-order valence-electron chi connectivity index (χ2n) is 5.73. The highest BCUT2D eigenvalue weighted by Crippen LogP contribution is 2.21. The number of amides is 2. The van der Waals surface area contributed by atoms with Crippen LogP contribution in [0.4, 0.5) is 4.79 Å². The fraction of sp³-hybridized carbons (Fsp3) is 0.562. The Bertz CT molecular complexity index is 483. The van der Waals surface area contributed by atoms with Gasteiger partial charge in [0.1, 0.15) is 5.75 Å². The minimum Gasteiger partial charge on any atom is -0.497 e. The minimum absolute atomic E-state index is 0.192. The summed E-state index contributed by atoms with van der Waals surface area (Å²) in [5, 5.41) is 3.35. The second-order valence-corrected chi connectivity index (χ2v) is 5.73. The van der Waals surface area contributed by atoms with Crippen molar-refractivity contribution in [3.63, 3.8) is 0 Å². The Morgan fingerprint density at radius 2 is 1.90 bits per heavy atom. The van der Waals surface area contributed by atoms with Crippen molar-refractivity contribution in [1.82, 2.24) is 15.1 Å². The van der Waals surface area contributed by atoms with Crippen LogP contribution in [0.15, 0.2) is 24.3 Å². The Hall–Kier alpha value is -1.75. The predicted octanol–water partition coefficient (Wildman–Crippen LogP) is 1.68. The highest BCUT2D eigenvalue weighted by molar-refractivity contribution is 5.77. The van der Waals surface area contributed by atoms with E-state index in [1.807, 2.05) is 29.2 Å². The van der Waals surface area contributed by atoms with Gasteiger partial charge in [0.25, 0.3) is 0 Å². The van der Waals surface area contributed by atoms with Gasteiger partial charge in [0.2, 0.25) is 0 Å². The topological polar surface area (TPSA) is 44.8 Å². The van der Waals surface area contributed by atoms with Crippen LogP contribution in [0.5, 0.6) is 5.75 Å². The average molecular weight is 289 g/mol. The number of benzene rings is 1. The van der Waals surface area contributed by atoms with Crippen LogP contribution < -0.4 is 10.1 Å². The molecule has 2 fully saturated rings. The number of piperidine rings is 1. The van der Waals surface area contributed by atoms with Crippen molar-refractivity contribution < 1.29 is 9.53 Å². The van der Waals surface area contributed by atoms with Gasteiger partial charge < -0.3 is 19.9 Å². The first-order chi connectivity index (χ1) is 10.3. The molecule has 0 unspecified atom stereocenters. The minimum atomic E-state index is 0.192. The number of urea groups is 1. The van der Waals surface area contributed by atoms with Crippen LogP contribution in [0.1, 0.15) is 18.4 Å². The number of hydrogen-bond donors (Lipinski definition) is 1. The Kier molecular flexibility index (Phi) is 4.29. The summed E-state index contributed by atoms with van der Waals surface area (Å²) in [5.74, 6) is 0.850. The first-order valence-corrected chi connectivity index (χ1v) is 7.67. The maximum Gasteiger partial charge on any atom is 0.320 e. The number of methoxy groups -OCH3 is 1. The van der Waals surface area contributed by atoms with Gasteiger partial charge in [-0.2, -0.15) is 0 Å². The highest BCUT2D eigenvalue weighted by Gasteiger charge is 2.33. The molecule has 5 heteroatoms. The summed E-state index contributed by atoms with van der Waals surface area (Å²) in [6.45, 7) is 4.42. The third-order valence-corrected chi connectivity index (χ3v) is 4.41. The summed E-state index contributed by atoms with van der Waals surface area (Å²) < 4.78 is 5.16. The van der Waals surface area contributed by atoms with Crippen molar-refractivity contribution in [2.45, 2.75) is 25.4 Å². The van der Waals surface area contributed by atoms with Gasteiger partial charge in [0.05, 0.1) is 7.11 Å². The molecule has 1 aromatic rings. The first-order valence-electron chi connectivity index (χ1n) is 7.67. The summed E-state index contributed by atoms with van der Waals surface area (Å²) in [6.07, 6.45) is 2.14. The lowest BCUT2D eigenvalue weighted by atomic mass is 10.1. The van der Waals surface area contributed by atoms with Gasteiger partial charge in [-0.1, -0.05) is 12.1 Å². The Morgan fingerprint density at radius 1 is 1.19 bits per heavy atom. The largest absolute Gasteiger partial charge is 0.497 e. The van der Waals surface area contributed by atoms with Gasteiger partial charge >= 0.3 is 6.03 Å². The van der Waals surface area contributed by atoms with Crippen molar-refractivity contribution in [2.75, 3.05) is 33.3 Å². The lowest BCUT2D eigenvalue weighted by Gasteiger charge is -2.31. The van der Waals surface area contributed by atoms with Gasteiger partial charge in [-0.15, -0.1) is 0 Å². The van der Waals surface area contributed by atoms with Crippen molar-refractivity contribution in [3.05, 3.63) is 29.8 Å². The summed E-state index contributed by atoms with van der Waals surface area (Å²) in [7, 11) is 1.66. The lowest BCUT2D eigenvalue weighted by Crippen LogP contribution is -2.45. The molecule has 3 rings (SSSR count). The van der Waals surface area contributed by atoms with Crippen LogP contribution in [0.25, 0.3) is 0 Å². The zero-order chi connectivity index (χ0) is 14.7. The van der Waals surface area contributed by atoms with Crippen LogP contribution in [0, 0.1) is 0 Å². The predicted molar refractivity (Wildman–Crippen MR) is 81.4 cm³/mol. The van der Waals surface area contributed by atoms with E-state index in [-0.39, 0.29) is 6.03 Å². The summed E-state index contributed by atoms with van der Waals surface area (Å²) in [4.78, 5) is 16.5. The molecule has 1 aromatic carbocycles. The monoisotopic (exact) mass is 289 g/mol. The van der Waals surface area contributed by atoms with E-state index in [9.17, 15) is 4.79 Å². The molecule has 0 radical (unpaired) electrons. The number of nitrogens with zero attached hydrogens (tertiary/aromatic N) is 2. The molecule has 0 aromatic heterocycles. The molecule has 0 atom stereocenters. The fourth-order valence-corrected chi connectivity index (χ4v) is 3.16. The molecule has 2 aliphatic heterocycles. The highest BCUT2D eigenvalue weighted by atomic mass is 16.5. The fourth-order valence-electron chi connectivity index (χ4n) is 3.16. The van der Waals surface area contributed by atoms with Gasteiger partial charge in [-0.25, -0.2) is 4.79 Å². The summed E-state index contributed by atoms with van der Waals surface area (Å²) >= 11 is 0. The molecular formula is C16H23N3O2. The van der Waals surface area contributed by atoms with E-state index in [0.29, 0.717) is 12.6 Å². The van der Waals surface area contributed by atoms with Gasteiger partial charge in [0.15, 0.2) is 0 Å². The van der Waals surface area contributed by atoms with Crippen molar-refractivity contribution in [3.8, 4) is 5.75 Å². The Labute approximate surface area is 125 Å². The molecule has 2 saturated heterocycles. The van der Waals surface area contributed by atoms with Crippen molar-refractivity contribution in [1.29, 1.82) is 0 Å². The molecule has 5 nitrogen and oxygen atoms in total. The zero-order valence-corrected chi connectivity index (χ0v) is 12.5. The maximum absolute atomic E-state index is 12.5. The van der Waals surface area contributed by atoms with Crippen molar-refractivity contribution >= 4 is 6.03 Å². The molecule has 1 N–H and O–H groups in total. The van der Waals surface area contributed by atoms with Gasteiger partial charge in [-0.05, 0) is 43.6 Å². The number of ether oxygens (including phenoxy) is 1. The normalized spacial score (nSPS) is 20.1. The van der Waals surface area contributed by atoms with E-state index < -0.39 is 0 Å². The van der Waals surface area contributed by atoms with E-state index in [0.717, 1.165) is 50.3 Å². The first kappa shape index (κ1) is 14.2. The standard InChI is InChI=1S/C16H23N3O2/c1-21-15-4-2-13(3-5-15)12-18-10-11-19(16(18)20)14-6-8-17-9-7-14/h2-5,14,17H,6-12H2,1H3. The van der Waals surface area contributed by atoms with Gasteiger partial charge in [0, 0.05) is 25.7 Å². The maximum atomic E-state index is 12.5. The number of carbonyl (C=O) groups excluding carboxylic acids is 1. The van der Waals surface area contributed by atoms with Crippen LogP contribution in [-0.2, 0) is 6.54 Å². The molecule has 2 amide bonds. The second kappa shape index (κ2) is 6.35. The zero-order valence-electron chi connectivity index (χ0n) is 12.5. The molecule has 21 heavy (non-hydrogen) atoms. The van der Waals surface area contributed by atoms with Crippen LogP contribution in [0.3, 0.4) is 0 Å². The third kappa shape index (κ3) is 3.13. The average Bonchev–Trinajstić information content (AvgIpc) is 2.90. The van der Waals surface area contributed by atoms with Crippen molar-refractivity contribution in [2.24, 2.45) is 0 Å². The molecule has 0 bridgehead atoms. The van der Waals surface area contributed by atoms with E-state index in [1.165, 1.54) is 0 Å². The van der Waals surface area contributed by atoms with Crippen LogP contribution in [0.2, 0.25) is 0 Å². The third-order valence-electron chi connectivity index (χ3n) is 4.41. The van der Waals surface area contributed by atoms with E-state index in [1.54, 1.807) is 7.11 Å². The molecule has 2 heterocycles. The summed E-state index contributed by atoms with van der Waals surface area (Å²) in [5.41, 5.74) is 1.15. The molecular weight excluding hydrogens is 266 g/mol. The molecule has 0 aliphatic carbocycles. The molecule has 2 aliphatic rings. The van der Waals surface area contributed by atoms with E-state index >= 15 is 0 Å². The van der Waals surface area contributed by atoms with E-state index in [2.05, 4.69) is 10.2 Å². The Balaban J connectivity index is 1.60. The molecule has 0 saturated carbocycles. The summed E-state index contributed by atoms with van der Waals surface area (Å²) in [6, 6.07) is 8.55. The SMILES string of the molecule is COc1ccc(CN2CCN(C3CCNCC3)C2=O)cc1. The van der Waals surface area contributed by atoms with Crippen LogP contribution >= 0.6 is 0 Å². The lowest BCUT2D eigenvalue weighted by molar-refractivity contribution is 0.165. The number of rotatable bonds is 4. The Morgan fingerprint density at radius 3 is 2.57 bits per heavy atom. The van der Waals surface area contributed by atoms with Gasteiger partial charge in [-0.3, -0.25) is 0 Å². The molecule has 0 spiro atoms. The molecule has 114 valence electrons. The number of nitrogens with one attached hydrogen (secondary N) is 1. The quantitative estimate of drug-likeness (QED) is 0.917. The van der Waals surface area contributed by atoms with E-state index in [4.69, 9.17) is 4.74 Å². The number of hydrogen-bond acceptors (Lipinski definition) is 3. The van der Waals surface area contributed by atoms with Crippen LogP contribution in [-0.4, -0.2) is 55.2 Å². The smallest absolute Gasteiger partial charge is 0.320 e.